The smallest absolute Gasteiger partial charge is 0.363 e. The van der Waals surface area contributed by atoms with Crippen molar-refractivity contribution in [3.63, 3.8) is 0 Å². The lowest BCUT2D eigenvalue weighted by atomic mass is 10.1. The zero-order chi connectivity index (χ0) is 19.5. The standard InChI is InChI=1S/C20H17ClN2O5/c1-25-17-9-23(16-5-3-2-4-6-16)22-18(17)20(24)27-11-14-8-15(21)7-13-10-26-12-28-19(13)14/h2-9H,10-12H2,1H3. The number of halogens is 1. The van der Waals surface area contributed by atoms with E-state index in [2.05, 4.69) is 5.10 Å². The van der Waals surface area contributed by atoms with Crippen molar-refractivity contribution >= 4 is 17.6 Å². The quantitative estimate of drug-likeness (QED) is 0.607. The predicted molar refractivity (Wildman–Crippen MR) is 101 cm³/mol. The molecule has 0 atom stereocenters. The van der Waals surface area contributed by atoms with Gasteiger partial charge in [-0.3, -0.25) is 0 Å². The van der Waals surface area contributed by atoms with Crippen molar-refractivity contribution in [3.8, 4) is 17.2 Å². The molecule has 1 aliphatic heterocycles. The third kappa shape index (κ3) is 3.67. The summed E-state index contributed by atoms with van der Waals surface area (Å²) < 4.78 is 23.1. The average Bonchev–Trinajstić information content (AvgIpc) is 3.17. The van der Waals surface area contributed by atoms with E-state index in [1.807, 2.05) is 30.3 Å². The molecule has 144 valence electrons. The number of benzene rings is 2. The molecule has 0 saturated carbocycles. The van der Waals surface area contributed by atoms with Gasteiger partial charge < -0.3 is 18.9 Å². The molecule has 0 saturated heterocycles. The van der Waals surface area contributed by atoms with Gasteiger partial charge >= 0.3 is 5.97 Å². The van der Waals surface area contributed by atoms with Gasteiger partial charge in [-0.1, -0.05) is 29.8 Å². The van der Waals surface area contributed by atoms with E-state index in [1.165, 1.54) is 7.11 Å². The summed E-state index contributed by atoms with van der Waals surface area (Å²) in [4.78, 5) is 12.6. The van der Waals surface area contributed by atoms with E-state index in [-0.39, 0.29) is 19.1 Å². The maximum Gasteiger partial charge on any atom is 0.363 e. The minimum atomic E-state index is -0.604. The molecule has 0 radical (unpaired) electrons. The zero-order valence-corrected chi connectivity index (χ0v) is 15.8. The number of aromatic nitrogens is 2. The minimum Gasteiger partial charge on any atom is -0.493 e. The van der Waals surface area contributed by atoms with Crippen LogP contribution in [0.2, 0.25) is 5.02 Å². The molecule has 0 amide bonds. The molecule has 1 aromatic heterocycles. The van der Waals surface area contributed by atoms with Crippen molar-refractivity contribution in [1.82, 2.24) is 9.78 Å². The van der Waals surface area contributed by atoms with Crippen LogP contribution in [0.3, 0.4) is 0 Å². The Hall–Kier alpha value is -3.03. The summed E-state index contributed by atoms with van der Waals surface area (Å²) in [6, 6.07) is 12.9. The van der Waals surface area contributed by atoms with Gasteiger partial charge in [0.2, 0.25) is 5.69 Å². The lowest BCUT2D eigenvalue weighted by Crippen LogP contribution is -2.14. The van der Waals surface area contributed by atoms with E-state index in [4.69, 9.17) is 30.5 Å². The van der Waals surface area contributed by atoms with Gasteiger partial charge in [0.15, 0.2) is 12.5 Å². The third-order valence-corrected chi connectivity index (χ3v) is 4.44. The summed E-state index contributed by atoms with van der Waals surface area (Å²) in [5.74, 6) is 0.351. The average molecular weight is 401 g/mol. The highest BCUT2D eigenvalue weighted by atomic mass is 35.5. The number of methoxy groups -OCH3 is 1. The molecule has 8 heteroatoms. The molecule has 2 heterocycles. The van der Waals surface area contributed by atoms with Crippen molar-refractivity contribution in [1.29, 1.82) is 0 Å². The van der Waals surface area contributed by atoms with Crippen molar-refractivity contribution in [2.75, 3.05) is 13.9 Å². The summed E-state index contributed by atoms with van der Waals surface area (Å²) >= 11 is 6.15. The topological polar surface area (TPSA) is 71.8 Å². The highest BCUT2D eigenvalue weighted by Crippen LogP contribution is 2.32. The third-order valence-electron chi connectivity index (χ3n) is 4.23. The van der Waals surface area contributed by atoms with E-state index in [0.717, 1.165) is 11.3 Å². The second-order valence-electron chi connectivity index (χ2n) is 6.07. The number of esters is 1. The number of rotatable bonds is 5. The van der Waals surface area contributed by atoms with Gasteiger partial charge in [0, 0.05) is 16.1 Å². The van der Waals surface area contributed by atoms with E-state index in [0.29, 0.717) is 28.7 Å². The number of nitrogens with zero attached hydrogens (tertiary/aromatic N) is 2. The van der Waals surface area contributed by atoms with Crippen LogP contribution in [-0.4, -0.2) is 29.7 Å². The molecular weight excluding hydrogens is 384 g/mol. The molecular formula is C20H17ClN2O5. The molecule has 1 aliphatic rings. The monoisotopic (exact) mass is 400 g/mol. The van der Waals surface area contributed by atoms with E-state index in [1.54, 1.807) is 23.0 Å². The number of ether oxygens (including phenoxy) is 4. The molecule has 0 unspecified atom stereocenters. The first kappa shape index (κ1) is 18.3. The van der Waals surface area contributed by atoms with Gasteiger partial charge in [0.05, 0.1) is 25.6 Å². The molecule has 2 aromatic carbocycles. The predicted octanol–water partition coefficient (Wildman–Crippen LogP) is 3.76. The number of hydrogen-bond acceptors (Lipinski definition) is 6. The normalized spacial score (nSPS) is 12.8. The minimum absolute atomic E-state index is 0.0108. The molecule has 0 N–H and O–H groups in total. The Labute approximate surface area is 166 Å². The van der Waals surface area contributed by atoms with E-state index >= 15 is 0 Å². The van der Waals surface area contributed by atoms with Gasteiger partial charge in [-0.2, -0.15) is 5.10 Å². The van der Waals surface area contributed by atoms with Crippen LogP contribution in [-0.2, 0) is 22.7 Å². The second kappa shape index (κ2) is 7.92. The Balaban J connectivity index is 1.55. The molecule has 28 heavy (non-hydrogen) atoms. The zero-order valence-electron chi connectivity index (χ0n) is 15.1. The highest BCUT2D eigenvalue weighted by molar-refractivity contribution is 6.30. The van der Waals surface area contributed by atoms with Crippen molar-refractivity contribution in [2.24, 2.45) is 0 Å². The maximum atomic E-state index is 12.6. The van der Waals surface area contributed by atoms with Crippen LogP contribution >= 0.6 is 11.6 Å². The highest BCUT2D eigenvalue weighted by Gasteiger charge is 2.22. The Morgan fingerprint density at radius 2 is 2.11 bits per heavy atom. The Morgan fingerprint density at radius 3 is 2.89 bits per heavy atom. The molecule has 0 aliphatic carbocycles. The van der Waals surface area contributed by atoms with E-state index in [9.17, 15) is 4.79 Å². The lowest BCUT2D eigenvalue weighted by molar-refractivity contribution is -0.0180. The Kier molecular flexibility index (Phi) is 5.18. The Bertz CT molecular complexity index is 1000. The van der Waals surface area contributed by atoms with Crippen LogP contribution < -0.4 is 9.47 Å². The molecule has 7 nitrogen and oxygen atoms in total. The number of fused-ring (bicyclic) bond motifs is 1. The first-order valence-electron chi connectivity index (χ1n) is 8.54. The van der Waals surface area contributed by atoms with E-state index < -0.39 is 5.97 Å². The number of hydrogen-bond donors (Lipinski definition) is 0. The van der Waals surface area contributed by atoms with Gasteiger partial charge in [0.1, 0.15) is 12.4 Å². The van der Waals surface area contributed by atoms with Crippen LogP contribution in [0.4, 0.5) is 0 Å². The number of carbonyl (C=O) groups excluding carboxylic acids is 1. The van der Waals surface area contributed by atoms with Crippen LogP contribution in [0.5, 0.6) is 11.5 Å². The Morgan fingerprint density at radius 1 is 1.29 bits per heavy atom. The fraction of sp³-hybridized carbons (Fsp3) is 0.200. The molecule has 0 fully saturated rings. The van der Waals surface area contributed by atoms with Gasteiger partial charge in [-0.05, 0) is 24.3 Å². The van der Waals surface area contributed by atoms with Crippen molar-refractivity contribution in [3.05, 3.63) is 70.5 Å². The molecule has 0 bridgehead atoms. The molecule has 0 spiro atoms. The van der Waals surface area contributed by atoms with Gasteiger partial charge in [0.25, 0.3) is 0 Å². The van der Waals surface area contributed by atoms with Crippen LogP contribution in [0.1, 0.15) is 21.6 Å². The van der Waals surface area contributed by atoms with Crippen molar-refractivity contribution < 1.29 is 23.7 Å². The fourth-order valence-corrected chi connectivity index (χ4v) is 3.20. The van der Waals surface area contributed by atoms with Crippen LogP contribution in [0, 0.1) is 0 Å². The summed E-state index contributed by atoms with van der Waals surface area (Å²) in [5, 5.41) is 4.83. The summed E-state index contributed by atoms with van der Waals surface area (Å²) in [6.07, 6.45) is 1.63. The first-order chi connectivity index (χ1) is 13.7. The lowest BCUT2D eigenvalue weighted by Gasteiger charge is -2.21. The summed E-state index contributed by atoms with van der Waals surface area (Å²) in [7, 11) is 1.48. The maximum absolute atomic E-state index is 12.6. The number of carbonyl (C=O) groups is 1. The first-order valence-corrected chi connectivity index (χ1v) is 8.91. The number of para-hydroxylation sites is 1. The van der Waals surface area contributed by atoms with Crippen LogP contribution in [0.25, 0.3) is 5.69 Å². The van der Waals surface area contributed by atoms with Crippen molar-refractivity contribution in [2.45, 2.75) is 13.2 Å². The second-order valence-corrected chi connectivity index (χ2v) is 6.50. The largest absolute Gasteiger partial charge is 0.493 e. The van der Waals surface area contributed by atoms with Crippen LogP contribution in [0.15, 0.2) is 48.7 Å². The van der Waals surface area contributed by atoms with Gasteiger partial charge in [-0.15, -0.1) is 0 Å². The summed E-state index contributed by atoms with van der Waals surface area (Å²) in [6.45, 7) is 0.528. The van der Waals surface area contributed by atoms with Gasteiger partial charge in [-0.25, -0.2) is 9.48 Å². The summed E-state index contributed by atoms with van der Waals surface area (Å²) in [5.41, 5.74) is 2.38. The molecule has 3 aromatic rings. The fourth-order valence-electron chi connectivity index (χ4n) is 2.94. The SMILES string of the molecule is COc1cn(-c2ccccc2)nc1C(=O)OCc1cc(Cl)cc2c1OCOC2. The molecule has 4 rings (SSSR count).